The molecule has 0 aromatic carbocycles. The van der Waals surface area contributed by atoms with Gasteiger partial charge in [-0.25, -0.2) is 0 Å². The molecule has 0 aromatic rings. The predicted molar refractivity (Wildman–Crippen MR) is 270 cm³/mol. The van der Waals surface area contributed by atoms with Crippen molar-refractivity contribution in [1.82, 2.24) is 0 Å². The second-order valence-electron chi connectivity index (χ2n) is 17.4. The lowest BCUT2D eigenvalue weighted by molar-refractivity contribution is -0.167. The van der Waals surface area contributed by atoms with E-state index in [-0.39, 0.29) is 31.1 Å². The van der Waals surface area contributed by atoms with Crippen LogP contribution in [-0.4, -0.2) is 37.2 Å². The quantitative estimate of drug-likeness (QED) is 0.0262. The first-order valence-electron chi connectivity index (χ1n) is 26.4. The van der Waals surface area contributed by atoms with E-state index in [1.807, 2.05) is 0 Å². The van der Waals surface area contributed by atoms with E-state index >= 15 is 0 Å². The molecular weight excluding hydrogens is 781 g/mol. The SMILES string of the molecule is CC/C=C\C/C=C\C/C=C\C/C=C\C/C=C\CCCCCC(=O)OCC(COC(=O)CCCCCCCCCCC)OC(=O)CCCCCCCCC/C=C\CCCCCCCC. The molecule has 0 saturated carbocycles. The minimum absolute atomic E-state index is 0.0865. The van der Waals surface area contributed by atoms with Gasteiger partial charge in [0.2, 0.25) is 0 Å². The summed E-state index contributed by atoms with van der Waals surface area (Å²) in [5.74, 6) is -0.924. The van der Waals surface area contributed by atoms with E-state index in [2.05, 4.69) is 93.7 Å². The molecule has 6 nitrogen and oxygen atoms in total. The lowest BCUT2D eigenvalue weighted by atomic mass is 10.1. The van der Waals surface area contributed by atoms with Crippen LogP contribution in [0.5, 0.6) is 0 Å². The first-order chi connectivity index (χ1) is 31.0. The highest BCUT2D eigenvalue weighted by molar-refractivity contribution is 5.71. The van der Waals surface area contributed by atoms with E-state index in [0.717, 1.165) is 96.3 Å². The molecule has 362 valence electrons. The van der Waals surface area contributed by atoms with Gasteiger partial charge in [0, 0.05) is 19.3 Å². The van der Waals surface area contributed by atoms with Gasteiger partial charge in [0.05, 0.1) is 0 Å². The third kappa shape index (κ3) is 49.7. The monoisotopic (exact) mass is 879 g/mol. The molecule has 1 unspecified atom stereocenters. The number of esters is 3. The average molecular weight is 879 g/mol. The van der Waals surface area contributed by atoms with E-state index in [0.29, 0.717) is 19.3 Å². The van der Waals surface area contributed by atoms with Crippen molar-refractivity contribution in [3.8, 4) is 0 Å². The topological polar surface area (TPSA) is 78.9 Å². The molecule has 6 heteroatoms. The van der Waals surface area contributed by atoms with Crippen molar-refractivity contribution in [2.75, 3.05) is 13.2 Å². The summed E-state index contributed by atoms with van der Waals surface area (Å²) in [6.45, 7) is 6.47. The molecule has 0 N–H and O–H groups in total. The van der Waals surface area contributed by atoms with Crippen molar-refractivity contribution in [2.24, 2.45) is 0 Å². The Morgan fingerprint density at radius 3 is 1.00 bits per heavy atom. The molecule has 0 aliphatic rings. The molecule has 0 spiro atoms. The second kappa shape index (κ2) is 51.5. The molecule has 0 aliphatic heterocycles. The highest BCUT2D eigenvalue weighted by Crippen LogP contribution is 2.14. The molecule has 63 heavy (non-hydrogen) atoms. The van der Waals surface area contributed by atoms with Crippen molar-refractivity contribution in [3.63, 3.8) is 0 Å². The number of allylic oxidation sites excluding steroid dienone is 12. The zero-order valence-corrected chi connectivity index (χ0v) is 41.3. The lowest BCUT2D eigenvalue weighted by Crippen LogP contribution is -2.30. The molecule has 0 aliphatic carbocycles. The third-order valence-corrected chi connectivity index (χ3v) is 11.2. The van der Waals surface area contributed by atoms with Crippen molar-refractivity contribution in [1.29, 1.82) is 0 Å². The first kappa shape index (κ1) is 59.9. The van der Waals surface area contributed by atoms with Crippen molar-refractivity contribution >= 4 is 17.9 Å². The maximum absolute atomic E-state index is 12.8. The normalized spacial score (nSPS) is 12.6. The van der Waals surface area contributed by atoms with E-state index in [9.17, 15) is 14.4 Å². The maximum atomic E-state index is 12.8. The van der Waals surface area contributed by atoms with Crippen molar-refractivity contribution < 1.29 is 28.6 Å². The maximum Gasteiger partial charge on any atom is 0.306 e. The molecular formula is C57H98O6. The standard InChI is InChI=1S/C57H98O6/c1-4-7-10-13-16-19-21-23-25-27-28-30-31-33-35-38-41-44-47-50-56(59)62-53-54(52-61-55(58)49-46-43-40-37-18-15-12-9-6-3)63-57(60)51-48-45-42-39-36-34-32-29-26-24-22-20-17-14-11-8-5-2/h7,10,16,19,23-26,28,30,33,35,54H,4-6,8-9,11-15,17-18,20-22,27,29,31-32,34,36-53H2,1-3H3/b10-7-,19-16-,25-23-,26-24-,30-28-,35-33-. The van der Waals surface area contributed by atoms with Gasteiger partial charge in [-0.05, 0) is 89.9 Å². The molecule has 0 rings (SSSR count). The predicted octanol–water partition coefficient (Wildman–Crippen LogP) is 17.4. The average Bonchev–Trinajstić information content (AvgIpc) is 3.28. The van der Waals surface area contributed by atoms with Crippen molar-refractivity contribution in [3.05, 3.63) is 72.9 Å². The number of unbranched alkanes of at least 4 members (excludes halogenated alkanes) is 24. The van der Waals surface area contributed by atoms with Gasteiger partial charge in [-0.15, -0.1) is 0 Å². The van der Waals surface area contributed by atoms with Crippen LogP contribution >= 0.6 is 0 Å². The highest BCUT2D eigenvalue weighted by Gasteiger charge is 2.19. The van der Waals surface area contributed by atoms with E-state index in [1.165, 1.54) is 116 Å². The molecule has 1 atom stereocenters. The van der Waals surface area contributed by atoms with Gasteiger partial charge in [0.15, 0.2) is 6.10 Å². The Bertz CT molecular complexity index is 1190. The fraction of sp³-hybridized carbons (Fsp3) is 0.737. The Balaban J connectivity index is 4.38. The largest absolute Gasteiger partial charge is 0.462 e. The smallest absolute Gasteiger partial charge is 0.306 e. The van der Waals surface area contributed by atoms with Crippen molar-refractivity contribution in [2.45, 2.75) is 258 Å². The molecule has 0 aromatic heterocycles. The molecule has 0 amide bonds. The van der Waals surface area contributed by atoms with Gasteiger partial charge in [-0.2, -0.15) is 0 Å². The Hall–Kier alpha value is -3.15. The lowest BCUT2D eigenvalue weighted by Gasteiger charge is -2.18. The van der Waals surface area contributed by atoms with Gasteiger partial charge >= 0.3 is 17.9 Å². The fourth-order valence-corrected chi connectivity index (χ4v) is 7.23. The molecule has 0 heterocycles. The summed E-state index contributed by atoms with van der Waals surface area (Å²) in [7, 11) is 0. The summed E-state index contributed by atoms with van der Waals surface area (Å²) in [6.07, 6.45) is 64.6. The summed E-state index contributed by atoms with van der Waals surface area (Å²) < 4.78 is 16.8. The first-order valence-corrected chi connectivity index (χ1v) is 26.4. The van der Waals surface area contributed by atoms with Gasteiger partial charge < -0.3 is 14.2 Å². The van der Waals surface area contributed by atoms with Crippen LogP contribution < -0.4 is 0 Å². The second-order valence-corrected chi connectivity index (χ2v) is 17.4. The Morgan fingerprint density at radius 1 is 0.333 bits per heavy atom. The molecule has 0 bridgehead atoms. The van der Waals surface area contributed by atoms with Crippen LogP contribution in [0.2, 0.25) is 0 Å². The van der Waals surface area contributed by atoms with Gasteiger partial charge in [-0.3, -0.25) is 14.4 Å². The summed E-state index contributed by atoms with van der Waals surface area (Å²) in [5.41, 5.74) is 0. The Labute approximate surface area is 389 Å². The number of carbonyl (C=O) groups is 3. The van der Waals surface area contributed by atoms with Crippen LogP contribution in [0.4, 0.5) is 0 Å². The van der Waals surface area contributed by atoms with E-state index in [1.54, 1.807) is 0 Å². The van der Waals surface area contributed by atoms with Crippen LogP contribution in [0.15, 0.2) is 72.9 Å². The van der Waals surface area contributed by atoms with E-state index in [4.69, 9.17) is 14.2 Å². The van der Waals surface area contributed by atoms with Crippen LogP contribution in [0.3, 0.4) is 0 Å². The van der Waals surface area contributed by atoms with Crippen LogP contribution in [0.1, 0.15) is 252 Å². The highest BCUT2D eigenvalue weighted by atomic mass is 16.6. The van der Waals surface area contributed by atoms with E-state index < -0.39 is 6.10 Å². The number of rotatable bonds is 47. The van der Waals surface area contributed by atoms with Crippen LogP contribution in [-0.2, 0) is 28.6 Å². The summed E-state index contributed by atoms with van der Waals surface area (Å²) in [5, 5.41) is 0. The fourth-order valence-electron chi connectivity index (χ4n) is 7.23. The zero-order valence-electron chi connectivity index (χ0n) is 41.3. The molecule has 0 fully saturated rings. The van der Waals surface area contributed by atoms with Crippen LogP contribution in [0.25, 0.3) is 0 Å². The Morgan fingerprint density at radius 2 is 0.619 bits per heavy atom. The van der Waals surface area contributed by atoms with Gasteiger partial charge in [0.1, 0.15) is 13.2 Å². The number of hydrogen-bond donors (Lipinski definition) is 0. The van der Waals surface area contributed by atoms with Gasteiger partial charge in [-0.1, -0.05) is 216 Å². The molecule has 0 saturated heterocycles. The zero-order chi connectivity index (χ0) is 45.8. The summed E-state index contributed by atoms with van der Waals surface area (Å²) >= 11 is 0. The number of carbonyl (C=O) groups excluding carboxylic acids is 3. The van der Waals surface area contributed by atoms with Gasteiger partial charge in [0.25, 0.3) is 0 Å². The van der Waals surface area contributed by atoms with Crippen LogP contribution in [0, 0.1) is 0 Å². The summed E-state index contributed by atoms with van der Waals surface area (Å²) in [4.78, 5) is 37.9. The Kier molecular flexibility index (Phi) is 48.9. The number of ether oxygens (including phenoxy) is 3. The minimum Gasteiger partial charge on any atom is -0.462 e. The summed E-state index contributed by atoms with van der Waals surface area (Å²) in [6, 6.07) is 0. The number of hydrogen-bond acceptors (Lipinski definition) is 6. The third-order valence-electron chi connectivity index (χ3n) is 11.2. The minimum atomic E-state index is -0.788. The molecule has 0 radical (unpaired) electrons.